The lowest BCUT2D eigenvalue weighted by molar-refractivity contribution is 0.863. The van der Waals surface area contributed by atoms with Crippen molar-refractivity contribution < 1.29 is 0 Å². The number of hydrogen-bond acceptors (Lipinski definition) is 3. The Kier molecular flexibility index (Phi) is 1.98. The van der Waals surface area contributed by atoms with Gasteiger partial charge in [0.1, 0.15) is 5.69 Å². The van der Waals surface area contributed by atoms with Crippen molar-refractivity contribution in [1.29, 1.82) is 0 Å². The van der Waals surface area contributed by atoms with E-state index < -0.39 is 0 Å². The Bertz CT molecular complexity index is 406. The van der Waals surface area contributed by atoms with E-state index in [4.69, 9.17) is 11.6 Å². The van der Waals surface area contributed by atoms with Gasteiger partial charge >= 0.3 is 0 Å². The van der Waals surface area contributed by atoms with Crippen molar-refractivity contribution in [3.05, 3.63) is 35.6 Å². The van der Waals surface area contributed by atoms with Gasteiger partial charge in [-0.05, 0) is 24.1 Å². The SMILES string of the molecule is Cc1cnn(-c2cnc(Cl)nc2)c1. The summed E-state index contributed by atoms with van der Waals surface area (Å²) in [4.78, 5) is 7.72. The van der Waals surface area contributed by atoms with Crippen LogP contribution in [0.4, 0.5) is 0 Å². The Hall–Kier alpha value is -1.42. The molecule has 2 rings (SSSR count). The molecule has 0 spiro atoms. The lowest BCUT2D eigenvalue weighted by Gasteiger charge is -1.98. The Morgan fingerprint density at radius 1 is 1.23 bits per heavy atom. The van der Waals surface area contributed by atoms with Crippen molar-refractivity contribution >= 4 is 11.6 Å². The van der Waals surface area contributed by atoms with E-state index in [0.29, 0.717) is 0 Å². The van der Waals surface area contributed by atoms with E-state index in [1.54, 1.807) is 23.3 Å². The third kappa shape index (κ3) is 1.67. The molecule has 0 aliphatic rings. The molecular formula is C8H7ClN4. The standard InChI is InChI=1S/C8H7ClN4/c1-6-2-12-13(5-6)7-3-10-8(9)11-4-7/h2-5H,1H3. The molecule has 0 aliphatic carbocycles. The van der Waals surface area contributed by atoms with E-state index in [-0.39, 0.29) is 5.28 Å². The van der Waals surface area contributed by atoms with Crippen LogP contribution in [0.3, 0.4) is 0 Å². The molecule has 13 heavy (non-hydrogen) atoms. The van der Waals surface area contributed by atoms with Crippen molar-refractivity contribution in [3.63, 3.8) is 0 Å². The monoisotopic (exact) mass is 194 g/mol. The molecule has 2 heterocycles. The van der Waals surface area contributed by atoms with Crippen molar-refractivity contribution in [2.75, 3.05) is 0 Å². The average Bonchev–Trinajstić information content (AvgIpc) is 2.53. The zero-order valence-electron chi connectivity index (χ0n) is 6.98. The fourth-order valence-corrected chi connectivity index (χ4v) is 1.08. The maximum absolute atomic E-state index is 5.55. The van der Waals surface area contributed by atoms with E-state index in [1.165, 1.54) is 0 Å². The molecule has 0 aliphatic heterocycles. The third-order valence-corrected chi connectivity index (χ3v) is 1.78. The minimum atomic E-state index is 0.243. The van der Waals surface area contributed by atoms with Crippen LogP contribution in [0.5, 0.6) is 0 Å². The summed E-state index contributed by atoms with van der Waals surface area (Å²) in [6, 6.07) is 0. The van der Waals surface area contributed by atoms with Crippen LogP contribution in [-0.4, -0.2) is 19.7 Å². The highest BCUT2D eigenvalue weighted by Crippen LogP contribution is 2.06. The Balaban J connectivity index is 2.41. The van der Waals surface area contributed by atoms with E-state index >= 15 is 0 Å². The fourth-order valence-electron chi connectivity index (χ4n) is 0.978. The third-order valence-electron chi connectivity index (χ3n) is 1.58. The highest BCUT2D eigenvalue weighted by atomic mass is 35.5. The van der Waals surface area contributed by atoms with E-state index in [9.17, 15) is 0 Å². The molecule has 0 aromatic carbocycles. The van der Waals surface area contributed by atoms with Gasteiger partial charge < -0.3 is 0 Å². The van der Waals surface area contributed by atoms with Gasteiger partial charge in [0.25, 0.3) is 0 Å². The first-order valence-corrected chi connectivity index (χ1v) is 4.13. The van der Waals surface area contributed by atoms with E-state index in [1.807, 2.05) is 13.1 Å². The van der Waals surface area contributed by atoms with Gasteiger partial charge in [0.15, 0.2) is 0 Å². The molecule has 0 saturated heterocycles. The molecule has 2 aromatic rings. The van der Waals surface area contributed by atoms with E-state index in [0.717, 1.165) is 11.3 Å². The van der Waals surface area contributed by atoms with Gasteiger partial charge in [-0.3, -0.25) is 0 Å². The number of aromatic nitrogens is 4. The summed E-state index contributed by atoms with van der Waals surface area (Å²) in [6.45, 7) is 1.97. The van der Waals surface area contributed by atoms with Gasteiger partial charge in [0, 0.05) is 6.20 Å². The second kappa shape index (κ2) is 3.14. The topological polar surface area (TPSA) is 43.6 Å². The predicted octanol–water partition coefficient (Wildman–Crippen LogP) is 1.62. The fraction of sp³-hybridized carbons (Fsp3) is 0.125. The Morgan fingerprint density at radius 3 is 2.46 bits per heavy atom. The zero-order chi connectivity index (χ0) is 9.26. The van der Waals surface area contributed by atoms with Crippen LogP contribution in [0.15, 0.2) is 24.8 Å². The summed E-state index contributed by atoms with van der Waals surface area (Å²) in [5.74, 6) is 0. The van der Waals surface area contributed by atoms with Gasteiger partial charge in [0.2, 0.25) is 5.28 Å². The average molecular weight is 195 g/mol. The normalized spacial score (nSPS) is 10.3. The minimum absolute atomic E-state index is 0.243. The largest absolute Gasteiger partial charge is 0.238 e. The number of nitrogens with zero attached hydrogens (tertiary/aromatic N) is 4. The Labute approximate surface area is 80.2 Å². The zero-order valence-corrected chi connectivity index (χ0v) is 7.73. The van der Waals surface area contributed by atoms with Gasteiger partial charge in [-0.15, -0.1) is 0 Å². The second-order valence-electron chi connectivity index (χ2n) is 2.67. The molecule has 0 bridgehead atoms. The van der Waals surface area contributed by atoms with Crippen LogP contribution in [0.25, 0.3) is 5.69 Å². The molecule has 66 valence electrons. The minimum Gasteiger partial charge on any atom is -0.238 e. The first-order chi connectivity index (χ1) is 6.25. The number of halogens is 1. The van der Waals surface area contributed by atoms with Gasteiger partial charge in [-0.1, -0.05) is 0 Å². The first kappa shape index (κ1) is 8.19. The number of rotatable bonds is 1. The van der Waals surface area contributed by atoms with Gasteiger partial charge in [-0.25, -0.2) is 14.6 Å². The summed E-state index contributed by atoms with van der Waals surface area (Å²) in [5.41, 5.74) is 1.90. The Morgan fingerprint density at radius 2 is 1.92 bits per heavy atom. The molecule has 5 heteroatoms. The molecule has 0 N–H and O–H groups in total. The summed E-state index contributed by atoms with van der Waals surface area (Å²) >= 11 is 5.55. The molecular weight excluding hydrogens is 188 g/mol. The molecule has 4 nitrogen and oxygen atoms in total. The van der Waals surface area contributed by atoms with Crippen LogP contribution < -0.4 is 0 Å². The lowest BCUT2D eigenvalue weighted by Crippen LogP contribution is -1.96. The smallest absolute Gasteiger partial charge is 0.222 e. The molecule has 0 atom stereocenters. The highest BCUT2D eigenvalue weighted by molar-refractivity contribution is 6.28. The van der Waals surface area contributed by atoms with Crippen molar-refractivity contribution in [2.24, 2.45) is 0 Å². The van der Waals surface area contributed by atoms with Crippen molar-refractivity contribution in [3.8, 4) is 5.69 Å². The summed E-state index contributed by atoms with van der Waals surface area (Å²) in [5, 5.41) is 4.35. The second-order valence-corrected chi connectivity index (χ2v) is 3.01. The van der Waals surface area contributed by atoms with E-state index in [2.05, 4.69) is 15.1 Å². The first-order valence-electron chi connectivity index (χ1n) is 3.75. The van der Waals surface area contributed by atoms with Gasteiger partial charge in [-0.2, -0.15) is 5.10 Å². The quantitative estimate of drug-likeness (QED) is 0.648. The number of hydrogen-bond donors (Lipinski definition) is 0. The highest BCUT2D eigenvalue weighted by Gasteiger charge is 1.98. The lowest BCUT2D eigenvalue weighted by atomic mass is 10.4. The summed E-state index contributed by atoms with van der Waals surface area (Å²) < 4.78 is 1.70. The maximum Gasteiger partial charge on any atom is 0.222 e. The molecule has 0 saturated carbocycles. The number of aryl methyl sites for hydroxylation is 1. The molecule has 0 unspecified atom stereocenters. The molecule has 0 amide bonds. The van der Waals surface area contributed by atoms with Gasteiger partial charge in [0.05, 0.1) is 18.6 Å². The predicted molar refractivity (Wildman–Crippen MR) is 48.9 cm³/mol. The van der Waals surface area contributed by atoms with Crippen molar-refractivity contribution in [2.45, 2.75) is 6.92 Å². The molecule has 0 radical (unpaired) electrons. The van der Waals surface area contributed by atoms with Crippen LogP contribution in [-0.2, 0) is 0 Å². The van der Waals surface area contributed by atoms with Crippen LogP contribution in [0.2, 0.25) is 5.28 Å². The maximum atomic E-state index is 5.55. The van der Waals surface area contributed by atoms with Crippen LogP contribution in [0.1, 0.15) is 5.56 Å². The summed E-state index contributed by atoms with van der Waals surface area (Å²) in [6.07, 6.45) is 6.92. The molecule has 0 fully saturated rings. The van der Waals surface area contributed by atoms with Crippen LogP contribution >= 0.6 is 11.6 Å². The van der Waals surface area contributed by atoms with Crippen LogP contribution in [0, 0.1) is 6.92 Å². The molecule has 2 aromatic heterocycles. The summed E-state index contributed by atoms with van der Waals surface area (Å²) in [7, 11) is 0. The van der Waals surface area contributed by atoms with Crippen molar-refractivity contribution in [1.82, 2.24) is 19.7 Å².